The van der Waals surface area contributed by atoms with Gasteiger partial charge < -0.3 is 9.84 Å². The van der Waals surface area contributed by atoms with Crippen LogP contribution in [0.1, 0.15) is 54.4 Å². The molecule has 0 saturated heterocycles. The molecular weight excluding hydrogens is 285 g/mol. The molecule has 1 aromatic rings. The number of hydrogen-bond acceptors (Lipinski definition) is 2. The Bertz CT molecular complexity index is 503. The Hall–Kier alpha value is -1.72. The average Bonchev–Trinajstić information content (AvgIpc) is 2.66. The summed E-state index contributed by atoms with van der Waals surface area (Å²) in [6.07, 6.45) is 1.08. The van der Waals surface area contributed by atoms with Crippen molar-refractivity contribution in [1.82, 2.24) is 0 Å². The number of rotatable bonds is 3. The summed E-state index contributed by atoms with van der Waals surface area (Å²) in [7, 11) is 0. The Morgan fingerprint density at radius 3 is 2.29 bits per heavy atom. The number of carboxylic acid groups (broad SMARTS) is 1. The van der Waals surface area contributed by atoms with Gasteiger partial charge in [0.25, 0.3) is 0 Å². The molecule has 0 unspecified atom stereocenters. The van der Waals surface area contributed by atoms with Crippen LogP contribution in [0.15, 0.2) is 18.2 Å². The number of ether oxygens (including phenoxy) is 1. The van der Waals surface area contributed by atoms with Gasteiger partial charge in [-0.15, -0.1) is 0 Å². The summed E-state index contributed by atoms with van der Waals surface area (Å²) in [4.78, 5) is 10.9. The summed E-state index contributed by atoms with van der Waals surface area (Å²) < 4.78 is 44.4. The first-order valence-corrected chi connectivity index (χ1v) is 6.99. The molecule has 0 atom stereocenters. The average molecular weight is 302 g/mol. The van der Waals surface area contributed by atoms with Gasteiger partial charge in [0.2, 0.25) is 0 Å². The number of carbonyl (C=O) groups is 1. The van der Waals surface area contributed by atoms with Gasteiger partial charge in [-0.25, -0.2) is 4.79 Å². The van der Waals surface area contributed by atoms with Crippen molar-refractivity contribution in [3.05, 3.63) is 29.3 Å². The molecule has 1 saturated carbocycles. The maximum absolute atomic E-state index is 12.9. The molecule has 1 N–H and O–H groups in total. The molecule has 1 aliphatic carbocycles. The third kappa shape index (κ3) is 4.12. The minimum atomic E-state index is -4.71. The van der Waals surface area contributed by atoms with Crippen molar-refractivity contribution in [3.63, 3.8) is 0 Å². The molecule has 1 aliphatic rings. The van der Waals surface area contributed by atoms with Gasteiger partial charge in [-0.2, -0.15) is 13.2 Å². The third-order valence-corrected chi connectivity index (χ3v) is 3.63. The first-order valence-electron chi connectivity index (χ1n) is 6.99. The van der Waals surface area contributed by atoms with Crippen LogP contribution in [-0.2, 0) is 6.18 Å². The maximum Gasteiger partial charge on any atom is 0.417 e. The molecule has 1 fully saturated rings. The molecule has 116 valence electrons. The SMILES string of the molecule is O=C(O)c1ccc(OC2CCCCCC2)cc1C(F)(F)F. The van der Waals surface area contributed by atoms with Crippen LogP contribution in [-0.4, -0.2) is 17.2 Å². The van der Waals surface area contributed by atoms with Gasteiger partial charge in [-0.3, -0.25) is 0 Å². The highest BCUT2D eigenvalue weighted by atomic mass is 19.4. The van der Waals surface area contributed by atoms with Crippen molar-refractivity contribution >= 4 is 5.97 Å². The van der Waals surface area contributed by atoms with Crippen LogP contribution in [0.4, 0.5) is 13.2 Å². The van der Waals surface area contributed by atoms with E-state index >= 15 is 0 Å². The lowest BCUT2D eigenvalue weighted by Crippen LogP contribution is -2.17. The van der Waals surface area contributed by atoms with Crippen LogP contribution >= 0.6 is 0 Å². The molecule has 0 heterocycles. The normalized spacial score (nSPS) is 17.3. The predicted octanol–water partition coefficient (Wildman–Crippen LogP) is 4.51. The number of carboxylic acids is 1. The molecule has 0 aliphatic heterocycles. The highest BCUT2D eigenvalue weighted by Gasteiger charge is 2.36. The second-order valence-corrected chi connectivity index (χ2v) is 5.24. The summed E-state index contributed by atoms with van der Waals surface area (Å²) >= 11 is 0. The van der Waals surface area contributed by atoms with Crippen LogP contribution < -0.4 is 4.74 Å². The van der Waals surface area contributed by atoms with Crippen molar-refractivity contribution in [1.29, 1.82) is 0 Å². The van der Waals surface area contributed by atoms with Crippen molar-refractivity contribution < 1.29 is 27.8 Å². The zero-order valence-corrected chi connectivity index (χ0v) is 11.4. The molecule has 2 rings (SSSR count). The lowest BCUT2D eigenvalue weighted by molar-refractivity contribution is -0.138. The van der Waals surface area contributed by atoms with Crippen molar-refractivity contribution in [2.75, 3.05) is 0 Å². The molecule has 6 heteroatoms. The van der Waals surface area contributed by atoms with E-state index in [2.05, 4.69) is 0 Å². The van der Waals surface area contributed by atoms with E-state index < -0.39 is 23.3 Å². The van der Waals surface area contributed by atoms with Crippen LogP contribution in [0.5, 0.6) is 5.75 Å². The van der Waals surface area contributed by atoms with Crippen molar-refractivity contribution in [3.8, 4) is 5.75 Å². The topological polar surface area (TPSA) is 46.5 Å². The molecular formula is C15H17F3O3. The minimum absolute atomic E-state index is 0.0826. The Morgan fingerprint density at radius 1 is 1.14 bits per heavy atom. The standard InChI is InChI=1S/C15H17F3O3/c16-15(17,18)13-9-11(7-8-12(13)14(19)20)21-10-5-3-1-2-4-6-10/h7-10H,1-6H2,(H,19,20). The Morgan fingerprint density at radius 2 is 1.76 bits per heavy atom. The fraction of sp³-hybridized carbons (Fsp3) is 0.533. The molecule has 21 heavy (non-hydrogen) atoms. The van der Waals surface area contributed by atoms with E-state index in [0.717, 1.165) is 50.7 Å². The predicted molar refractivity (Wildman–Crippen MR) is 70.5 cm³/mol. The molecule has 3 nitrogen and oxygen atoms in total. The monoisotopic (exact) mass is 302 g/mol. The highest BCUT2D eigenvalue weighted by Crippen LogP contribution is 2.35. The van der Waals surface area contributed by atoms with E-state index in [0.29, 0.717) is 0 Å². The molecule has 0 amide bonds. The smallest absolute Gasteiger partial charge is 0.417 e. The second kappa shape index (κ2) is 6.37. The van der Waals surface area contributed by atoms with E-state index in [4.69, 9.17) is 9.84 Å². The number of halogens is 3. The highest BCUT2D eigenvalue weighted by molar-refractivity contribution is 5.89. The summed E-state index contributed by atoms with van der Waals surface area (Å²) in [6.45, 7) is 0. The quantitative estimate of drug-likeness (QED) is 0.836. The number of alkyl halides is 3. The Balaban J connectivity index is 2.22. The minimum Gasteiger partial charge on any atom is -0.490 e. The molecule has 0 aromatic heterocycles. The molecule has 1 aromatic carbocycles. The zero-order chi connectivity index (χ0) is 15.5. The first-order chi connectivity index (χ1) is 9.88. The van der Waals surface area contributed by atoms with Crippen LogP contribution in [0.25, 0.3) is 0 Å². The van der Waals surface area contributed by atoms with Gasteiger partial charge in [0.05, 0.1) is 17.2 Å². The van der Waals surface area contributed by atoms with Crippen LogP contribution in [0.3, 0.4) is 0 Å². The van der Waals surface area contributed by atoms with Gasteiger partial charge in [0, 0.05) is 0 Å². The van der Waals surface area contributed by atoms with E-state index in [-0.39, 0.29) is 11.9 Å². The number of hydrogen-bond donors (Lipinski definition) is 1. The molecule has 0 bridgehead atoms. The van der Waals surface area contributed by atoms with Gasteiger partial charge in [0.15, 0.2) is 0 Å². The van der Waals surface area contributed by atoms with Gasteiger partial charge in [0.1, 0.15) is 5.75 Å². The second-order valence-electron chi connectivity index (χ2n) is 5.24. The van der Waals surface area contributed by atoms with Crippen molar-refractivity contribution in [2.45, 2.75) is 50.8 Å². The van der Waals surface area contributed by atoms with Crippen molar-refractivity contribution in [2.24, 2.45) is 0 Å². The van der Waals surface area contributed by atoms with Gasteiger partial charge >= 0.3 is 12.1 Å². The van der Waals surface area contributed by atoms with Crippen LogP contribution in [0, 0.1) is 0 Å². The lowest BCUT2D eigenvalue weighted by atomic mass is 10.1. The van der Waals surface area contributed by atoms with E-state index in [9.17, 15) is 18.0 Å². The first kappa shape index (κ1) is 15.7. The van der Waals surface area contributed by atoms with E-state index in [1.54, 1.807) is 0 Å². The largest absolute Gasteiger partial charge is 0.490 e. The van der Waals surface area contributed by atoms with Crippen LogP contribution in [0.2, 0.25) is 0 Å². The van der Waals surface area contributed by atoms with E-state index in [1.165, 1.54) is 6.07 Å². The summed E-state index contributed by atoms with van der Waals surface area (Å²) in [5.41, 5.74) is -1.92. The third-order valence-electron chi connectivity index (χ3n) is 3.63. The lowest BCUT2D eigenvalue weighted by Gasteiger charge is -2.18. The zero-order valence-electron chi connectivity index (χ0n) is 11.4. The fourth-order valence-electron chi connectivity index (χ4n) is 2.57. The Labute approximate surface area is 120 Å². The number of aromatic carboxylic acids is 1. The van der Waals surface area contributed by atoms with E-state index in [1.807, 2.05) is 0 Å². The summed E-state index contributed by atoms with van der Waals surface area (Å²) in [6, 6.07) is 3.04. The molecule has 0 spiro atoms. The van der Waals surface area contributed by atoms with Gasteiger partial charge in [-0.1, -0.05) is 12.8 Å². The summed E-state index contributed by atoms with van der Waals surface area (Å²) in [5, 5.41) is 8.84. The molecule has 0 radical (unpaired) electrons. The number of benzene rings is 1. The van der Waals surface area contributed by atoms with Gasteiger partial charge in [-0.05, 0) is 43.9 Å². The maximum atomic E-state index is 12.9. The Kier molecular flexibility index (Phi) is 4.75. The summed E-state index contributed by atoms with van der Waals surface area (Å²) in [5.74, 6) is -1.51. The fourth-order valence-corrected chi connectivity index (χ4v) is 2.57.